The third-order valence-corrected chi connectivity index (χ3v) is 16.6. The van der Waals surface area contributed by atoms with Crippen molar-refractivity contribution in [2.75, 3.05) is 79.2 Å². The topological polar surface area (TPSA) is 222 Å². The van der Waals surface area contributed by atoms with Crippen LogP contribution in [-0.4, -0.2) is 149 Å². The zero-order valence-corrected chi connectivity index (χ0v) is 57.0. The minimum Gasteiger partial charge on any atom is -0.462 e. The number of rotatable bonds is 55. The second kappa shape index (κ2) is 53.9. The van der Waals surface area contributed by atoms with E-state index in [1.54, 1.807) is 86.5 Å². The highest BCUT2D eigenvalue weighted by molar-refractivity contribution is 8.76. The van der Waals surface area contributed by atoms with Gasteiger partial charge in [0.2, 0.25) is 11.8 Å². The molecule has 0 aromatic heterocycles. The Bertz CT molecular complexity index is 2190. The van der Waals surface area contributed by atoms with Crippen molar-refractivity contribution < 1.29 is 66.8 Å². The predicted molar refractivity (Wildman–Crippen MR) is 360 cm³/mol. The number of carbonyl (C=O) groups excluding carboxylic acids is 8. The summed E-state index contributed by atoms with van der Waals surface area (Å²) in [6, 6.07) is 11.0. The molecule has 90 heavy (non-hydrogen) atoms. The average Bonchev–Trinajstić information content (AvgIpc) is 3.47. The molecule has 0 saturated carbocycles. The fraction of sp³-hybridized carbons (Fsp3) is 0.657. The SMILES string of the molecule is CCCCCCCC/C=C\CCCCCCCC(=O)Oc1ccc(CC(=O)OCCOC(=O)C(CSSCC(NC(=O)CN(C)C)C(=O)OCCOC(=O)Cc2ccc(OC(=O)CCCCCCC/C=C\CCCCCCCC)cc2)NC(=O)CN(C)C)cc1. The molecular formula is C70H110N4O14S2. The Kier molecular flexibility index (Phi) is 48.2. The fourth-order valence-corrected chi connectivity index (χ4v) is 11.5. The average molecular weight is 1300 g/mol. The normalized spacial score (nSPS) is 12.0. The lowest BCUT2D eigenvalue weighted by atomic mass is 10.1. The van der Waals surface area contributed by atoms with Crippen LogP contribution < -0.4 is 20.1 Å². The van der Waals surface area contributed by atoms with Gasteiger partial charge in [-0.25, -0.2) is 9.59 Å². The van der Waals surface area contributed by atoms with Gasteiger partial charge in [0.15, 0.2) is 0 Å². The van der Waals surface area contributed by atoms with E-state index in [2.05, 4.69) is 48.8 Å². The van der Waals surface area contributed by atoms with Gasteiger partial charge in [0.1, 0.15) is 50.0 Å². The number of likely N-dealkylation sites (N-methyl/N-ethyl adjacent to an activating group) is 2. The molecule has 2 rings (SSSR count). The first kappa shape index (κ1) is 80.4. The number of nitrogens with one attached hydrogen (secondary N) is 2. The number of hydrogen-bond donors (Lipinski definition) is 2. The largest absolute Gasteiger partial charge is 0.462 e. The Labute approximate surface area is 547 Å². The summed E-state index contributed by atoms with van der Waals surface area (Å²) in [6.45, 7) is 3.44. The van der Waals surface area contributed by atoms with Gasteiger partial charge in [-0.2, -0.15) is 0 Å². The minimum atomic E-state index is -1.11. The molecule has 0 aliphatic rings. The zero-order valence-electron chi connectivity index (χ0n) is 55.4. The zero-order chi connectivity index (χ0) is 65.7. The van der Waals surface area contributed by atoms with Gasteiger partial charge in [0.05, 0.1) is 25.9 Å². The van der Waals surface area contributed by atoms with E-state index in [1.165, 1.54) is 89.9 Å². The Balaban J connectivity index is 1.71. The molecule has 0 spiro atoms. The van der Waals surface area contributed by atoms with E-state index < -0.39 is 47.8 Å². The highest BCUT2D eigenvalue weighted by Gasteiger charge is 2.26. The molecule has 20 heteroatoms. The molecule has 0 heterocycles. The number of ether oxygens (including phenoxy) is 6. The lowest BCUT2D eigenvalue weighted by Crippen LogP contribution is -2.47. The van der Waals surface area contributed by atoms with Crippen LogP contribution in [0.4, 0.5) is 0 Å². The van der Waals surface area contributed by atoms with Crippen LogP contribution >= 0.6 is 21.6 Å². The molecule has 2 N–H and O–H groups in total. The molecule has 0 fully saturated rings. The number of allylic oxidation sites excluding steroid dienone is 4. The van der Waals surface area contributed by atoms with Crippen LogP contribution in [0.2, 0.25) is 0 Å². The highest BCUT2D eigenvalue weighted by atomic mass is 33.1. The second-order valence-electron chi connectivity index (χ2n) is 23.3. The molecule has 2 amide bonds. The molecule has 2 aromatic carbocycles. The van der Waals surface area contributed by atoms with Gasteiger partial charge >= 0.3 is 35.8 Å². The first-order valence-electron chi connectivity index (χ1n) is 33.2. The summed E-state index contributed by atoms with van der Waals surface area (Å²) >= 11 is 0. The standard InChI is InChI=1S/C70H110N4O14S2/c1-7-9-11-13-15-17-19-21-23-25-27-29-31-33-35-37-65(77)87-59-43-39-57(40-44-59)51-67(79)83-47-49-85-69(81)61(71-63(75)53-73(3)4)55-89-90-56-62(72-64(76)54-74(5)6)70(82)86-50-48-84-68(80)52-58-41-45-60(46-42-58)88-66(78)38-36-34-32-30-28-26-24-22-20-18-16-14-12-10-8-2/h21-24,39-46,61-62H,7-20,25-38,47-56H2,1-6H3,(H,71,75)(H,72,76)/b23-21-,24-22-. The lowest BCUT2D eigenvalue weighted by molar-refractivity contribution is -0.153. The van der Waals surface area contributed by atoms with Crippen LogP contribution in [0.3, 0.4) is 0 Å². The molecule has 0 radical (unpaired) electrons. The Morgan fingerprint density at radius 2 is 0.700 bits per heavy atom. The predicted octanol–water partition coefficient (Wildman–Crippen LogP) is 13.0. The monoisotopic (exact) mass is 1290 g/mol. The van der Waals surface area contributed by atoms with Crippen molar-refractivity contribution >= 4 is 69.2 Å². The van der Waals surface area contributed by atoms with Crippen molar-refractivity contribution in [3.63, 3.8) is 0 Å². The minimum absolute atomic E-state index is 0.00790. The van der Waals surface area contributed by atoms with E-state index in [0.29, 0.717) is 35.5 Å². The summed E-state index contributed by atoms with van der Waals surface area (Å²) in [5, 5.41) is 5.35. The Hall–Kier alpha value is -5.70. The number of benzene rings is 2. The van der Waals surface area contributed by atoms with Gasteiger partial charge in [-0.3, -0.25) is 28.8 Å². The van der Waals surface area contributed by atoms with Crippen molar-refractivity contribution in [3.8, 4) is 11.5 Å². The van der Waals surface area contributed by atoms with Gasteiger partial charge in [-0.15, -0.1) is 0 Å². The van der Waals surface area contributed by atoms with Crippen LogP contribution in [0, 0.1) is 0 Å². The van der Waals surface area contributed by atoms with E-state index in [4.69, 9.17) is 28.4 Å². The molecule has 0 bridgehead atoms. The summed E-state index contributed by atoms with van der Waals surface area (Å²) in [7, 11) is 9.11. The highest BCUT2D eigenvalue weighted by Crippen LogP contribution is 2.24. The molecule has 0 aliphatic heterocycles. The third-order valence-electron chi connectivity index (χ3n) is 14.2. The lowest BCUT2D eigenvalue weighted by Gasteiger charge is -2.20. The van der Waals surface area contributed by atoms with Crippen LogP contribution in [0.1, 0.15) is 205 Å². The number of amides is 2. The Morgan fingerprint density at radius 1 is 0.400 bits per heavy atom. The van der Waals surface area contributed by atoms with Crippen molar-refractivity contribution in [1.82, 2.24) is 20.4 Å². The first-order valence-corrected chi connectivity index (χ1v) is 35.7. The van der Waals surface area contributed by atoms with Gasteiger partial charge in [0.25, 0.3) is 0 Å². The van der Waals surface area contributed by atoms with Crippen LogP contribution in [0.5, 0.6) is 11.5 Å². The van der Waals surface area contributed by atoms with Crippen molar-refractivity contribution in [2.45, 2.75) is 219 Å². The van der Waals surface area contributed by atoms with Crippen LogP contribution in [-0.2, 0) is 70.1 Å². The molecular weight excluding hydrogens is 1180 g/mol. The Morgan fingerprint density at radius 3 is 1.02 bits per heavy atom. The van der Waals surface area contributed by atoms with Crippen molar-refractivity contribution in [1.29, 1.82) is 0 Å². The molecule has 2 atom stereocenters. The van der Waals surface area contributed by atoms with E-state index in [-0.39, 0.29) is 75.8 Å². The fourth-order valence-electron chi connectivity index (χ4n) is 9.25. The summed E-state index contributed by atoms with van der Waals surface area (Å²) < 4.78 is 32.4. The van der Waals surface area contributed by atoms with Crippen LogP contribution in [0.15, 0.2) is 72.8 Å². The number of hydrogen-bond acceptors (Lipinski definition) is 18. The van der Waals surface area contributed by atoms with E-state index in [9.17, 15) is 38.4 Å². The van der Waals surface area contributed by atoms with E-state index in [1.807, 2.05) is 0 Å². The molecule has 0 aliphatic carbocycles. The van der Waals surface area contributed by atoms with Gasteiger partial charge < -0.3 is 48.9 Å². The quantitative estimate of drug-likeness (QED) is 0.0157. The molecule has 506 valence electrons. The smallest absolute Gasteiger partial charge is 0.329 e. The number of esters is 6. The molecule has 2 aromatic rings. The summed E-state index contributed by atoms with van der Waals surface area (Å²) in [4.78, 5) is 106. The van der Waals surface area contributed by atoms with Crippen LogP contribution in [0.25, 0.3) is 0 Å². The van der Waals surface area contributed by atoms with Gasteiger partial charge in [-0.1, -0.05) is 187 Å². The van der Waals surface area contributed by atoms with Gasteiger partial charge in [-0.05, 0) is 128 Å². The van der Waals surface area contributed by atoms with Gasteiger partial charge in [0, 0.05) is 24.3 Å². The van der Waals surface area contributed by atoms with Crippen molar-refractivity contribution in [2.24, 2.45) is 0 Å². The third kappa shape index (κ3) is 45.5. The number of nitrogens with zero attached hydrogens (tertiary/aromatic N) is 2. The maximum atomic E-state index is 13.3. The first-order chi connectivity index (χ1) is 43.6. The number of unbranched alkanes of at least 4 members (excludes halogenated alkanes) is 22. The molecule has 0 saturated heterocycles. The van der Waals surface area contributed by atoms with Crippen molar-refractivity contribution in [3.05, 3.63) is 84.0 Å². The second-order valence-corrected chi connectivity index (χ2v) is 25.9. The van der Waals surface area contributed by atoms with E-state index >= 15 is 0 Å². The summed E-state index contributed by atoms with van der Waals surface area (Å²) in [5.74, 6) is -3.33. The van der Waals surface area contributed by atoms with E-state index in [0.717, 1.165) is 98.6 Å². The molecule has 18 nitrogen and oxygen atoms in total. The maximum absolute atomic E-state index is 13.3. The number of carbonyl (C=O) groups is 8. The molecule has 2 unspecified atom stereocenters. The maximum Gasteiger partial charge on any atom is 0.329 e. The summed E-state index contributed by atoms with van der Waals surface area (Å²) in [5.41, 5.74) is 1.27. The summed E-state index contributed by atoms with van der Waals surface area (Å²) in [6.07, 6.45) is 40.4.